The molecule has 0 aromatic rings. The molecule has 12 nitrogen and oxygen atoms in total. The molecule has 0 aliphatic heterocycles. The fourth-order valence-corrected chi connectivity index (χ4v) is 5.90. The predicted molar refractivity (Wildman–Crippen MR) is 218 cm³/mol. The molecule has 0 heterocycles. The first-order valence-corrected chi connectivity index (χ1v) is 21.9. The van der Waals surface area contributed by atoms with Crippen LogP contribution in [0.3, 0.4) is 0 Å². The minimum atomic E-state index is -4.73. The number of aliphatic hydroxyl groups excluding tert-OH is 1. The summed E-state index contributed by atoms with van der Waals surface area (Å²) in [6.07, 6.45) is 37.8. The number of carbonyl (C=O) groups excluding carboxylic acids is 2. The smallest absolute Gasteiger partial charge is 0.472 e. The Labute approximate surface area is 330 Å². The highest BCUT2D eigenvalue weighted by molar-refractivity contribution is 7.47. The Balaban J connectivity index is 4.53. The molecule has 0 spiro atoms. The summed E-state index contributed by atoms with van der Waals surface area (Å²) >= 11 is 0. The fourth-order valence-electron chi connectivity index (χ4n) is 5.12. The first kappa shape index (κ1) is 52.1. The van der Waals surface area contributed by atoms with Crippen molar-refractivity contribution in [3.05, 3.63) is 60.8 Å². The normalized spacial score (nSPS) is 15.0. The van der Waals surface area contributed by atoms with Crippen molar-refractivity contribution in [1.82, 2.24) is 0 Å². The SMILES string of the molecule is CC/C=C\C(O)C/C=C/C=C\C/C=C\C/C=C\CCCC(=O)OC[C@H](COP(=O)(O)OC[C@H](N)C(=O)O)OC(=O)CCCCCCCCCCCCCCC. The lowest BCUT2D eigenvalue weighted by Gasteiger charge is -2.20. The molecule has 0 saturated heterocycles. The van der Waals surface area contributed by atoms with Gasteiger partial charge in [-0.25, -0.2) is 4.57 Å². The number of carboxylic acid groups (broad SMARTS) is 1. The van der Waals surface area contributed by atoms with Gasteiger partial charge < -0.3 is 30.3 Å². The Bertz CT molecular complexity index is 1180. The zero-order valence-corrected chi connectivity index (χ0v) is 34.5. The number of hydrogen-bond donors (Lipinski definition) is 4. The van der Waals surface area contributed by atoms with E-state index in [9.17, 15) is 28.9 Å². The average Bonchev–Trinajstić information content (AvgIpc) is 3.15. The lowest BCUT2D eigenvalue weighted by Crippen LogP contribution is -2.34. The molecule has 4 atom stereocenters. The van der Waals surface area contributed by atoms with Crippen molar-refractivity contribution in [3.8, 4) is 0 Å². The van der Waals surface area contributed by atoms with E-state index in [4.69, 9.17) is 24.8 Å². The van der Waals surface area contributed by atoms with Crippen molar-refractivity contribution in [3.63, 3.8) is 0 Å². The molecule has 0 aromatic heterocycles. The van der Waals surface area contributed by atoms with Crippen molar-refractivity contribution >= 4 is 25.7 Å². The highest BCUT2D eigenvalue weighted by Crippen LogP contribution is 2.43. The van der Waals surface area contributed by atoms with E-state index in [-0.39, 0.29) is 19.4 Å². The number of unbranched alkanes of at least 4 members (excludes halogenated alkanes) is 13. The van der Waals surface area contributed by atoms with Crippen LogP contribution in [0, 0.1) is 0 Å². The first-order valence-electron chi connectivity index (χ1n) is 20.4. The summed E-state index contributed by atoms with van der Waals surface area (Å²) in [4.78, 5) is 45.8. The number of hydrogen-bond acceptors (Lipinski definition) is 10. The van der Waals surface area contributed by atoms with Crippen LogP contribution >= 0.6 is 7.82 Å². The Hall–Kier alpha value is -2.86. The standard InChI is InChI=1S/C42H72NO11P/c1-3-5-7-8-9-10-11-12-17-20-23-26-29-33-41(46)54-38(35-52-55(49,50)53-36-39(43)42(47)48)34-51-40(45)32-28-25-22-19-16-14-13-15-18-21-24-27-31-37(44)30-6-4-2/h6,13-14,18-19,21-22,24,27,30,37-39,44H,3-5,7-12,15-17,20,23,25-26,28-29,31-36,43H2,1-2H3,(H,47,48)(H,49,50)/b14-13-,21-18-,22-19-,27-24+,30-6-/t37?,38-,39+/m1/s1. The van der Waals surface area contributed by atoms with Crippen LogP contribution in [0.25, 0.3) is 0 Å². The number of nitrogens with two attached hydrogens (primary N) is 1. The van der Waals surface area contributed by atoms with E-state index in [1.54, 1.807) is 6.08 Å². The molecule has 0 radical (unpaired) electrons. The molecule has 0 amide bonds. The number of rotatable bonds is 37. The number of carboxylic acids is 1. The van der Waals surface area contributed by atoms with Gasteiger partial charge in [-0.1, -0.05) is 152 Å². The number of aliphatic hydroxyl groups is 1. The number of ether oxygens (including phenoxy) is 2. The predicted octanol–water partition coefficient (Wildman–Crippen LogP) is 9.36. The molecule has 55 heavy (non-hydrogen) atoms. The molecule has 0 bridgehead atoms. The highest BCUT2D eigenvalue weighted by Gasteiger charge is 2.28. The van der Waals surface area contributed by atoms with Gasteiger partial charge in [-0.3, -0.25) is 23.4 Å². The average molecular weight is 798 g/mol. The van der Waals surface area contributed by atoms with Gasteiger partial charge in [-0.2, -0.15) is 0 Å². The largest absolute Gasteiger partial charge is 0.480 e. The van der Waals surface area contributed by atoms with Gasteiger partial charge in [0.15, 0.2) is 6.10 Å². The summed E-state index contributed by atoms with van der Waals surface area (Å²) < 4.78 is 32.5. The van der Waals surface area contributed by atoms with Crippen molar-refractivity contribution in [2.24, 2.45) is 5.73 Å². The monoisotopic (exact) mass is 797 g/mol. The third kappa shape index (κ3) is 36.5. The van der Waals surface area contributed by atoms with Crippen molar-refractivity contribution in [2.75, 3.05) is 19.8 Å². The number of phosphoric acid groups is 1. The Kier molecular flexibility index (Phi) is 34.8. The molecule has 5 N–H and O–H groups in total. The molecule has 2 unspecified atom stereocenters. The lowest BCUT2D eigenvalue weighted by molar-refractivity contribution is -0.161. The molecule has 0 aromatic carbocycles. The molecule has 0 aliphatic carbocycles. The minimum Gasteiger partial charge on any atom is -0.480 e. The van der Waals surface area contributed by atoms with Gasteiger partial charge in [0, 0.05) is 12.8 Å². The van der Waals surface area contributed by atoms with Crippen LogP contribution in [0.2, 0.25) is 0 Å². The van der Waals surface area contributed by atoms with Crippen LogP contribution in [0.15, 0.2) is 60.8 Å². The van der Waals surface area contributed by atoms with E-state index >= 15 is 0 Å². The van der Waals surface area contributed by atoms with E-state index < -0.39 is 57.2 Å². The lowest BCUT2D eigenvalue weighted by atomic mass is 10.0. The quantitative estimate of drug-likeness (QED) is 0.0153. The second kappa shape index (κ2) is 36.8. The molecule has 0 aliphatic rings. The van der Waals surface area contributed by atoms with Gasteiger partial charge >= 0.3 is 25.7 Å². The van der Waals surface area contributed by atoms with Gasteiger partial charge in [0.2, 0.25) is 0 Å². The van der Waals surface area contributed by atoms with E-state index in [0.29, 0.717) is 25.7 Å². The van der Waals surface area contributed by atoms with Gasteiger partial charge in [0.1, 0.15) is 12.6 Å². The number of phosphoric ester groups is 1. The summed E-state index contributed by atoms with van der Waals surface area (Å²) in [6.45, 7) is 2.48. The van der Waals surface area contributed by atoms with Crippen LogP contribution in [0.4, 0.5) is 0 Å². The summed E-state index contributed by atoms with van der Waals surface area (Å²) in [5.41, 5.74) is 5.32. The molecule has 13 heteroatoms. The second-order valence-corrected chi connectivity index (χ2v) is 15.0. The number of aliphatic carboxylic acids is 1. The van der Waals surface area contributed by atoms with Crippen LogP contribution in [0.5, 0.6) is 0 Å². The minimum absolute atomic E-state index is 0.125. The molecular weight excluding hydrogens is 725 g/mol. The summed E-state index contributed by atoms with van der Waals surface area (Å²) in [7, 11) is -4.73. The van der Waals surface area contributed by atoms with E-state index in [1.807, 2.05) is 49.5 Å². The summed E-state index contributed by atoms with van der Waals surface area (Å²) in [5, 5.41) is 18.6. The zero-order valence-electron chi connectivity index (χ0n) is 33.6. The maximum atomic E-state index is 12.6. The van der Waals surface area contributed by atoms with E-state index in [2.05, 4.69) is 23.6 Å². The van der Waals surface area contributed by atoms with Crippen LogP contribution in [0.1, 0.15) is 149 Å². The fraction of sp³-hybridized carbons (Fsp3) is 0.690. The maximum absolute atomic E-state index is 12.6. The first-order chi connectivity index (χ1) is 26.5. The molecule has 0 saturated carbocycles. The topological polar surface area (TPSA) is 192 Å². The van der Waals surface area contributed by atoms with Gasteiger partial charge in [0.05, 0.1) is 19.3 Å². The molecule has 316 valence electrons. The number of esters is 2. The van der Waals surface area contributed by atoms with Gasteiger partial charge in [0.25, 0.3) is 0 Å². The van der Waals surface area contributed by atoms with Gasteiger partial charge in [-0.15, -0.1) is 0 Å². The third-order valence-corrected chi connectivity index (χ3v) is 9.31. The van der Waals surface area contributed by atoms with E-state index in [0.717, 1.165) is 38.5 Å². The highest BCUT2D eigenvalue weighted by atomic mass is 31.2. The summed E-state index contributed by atoms with van der Waals surface area (Å²) in [5.74, 6) is -2.49. The van der Waals surface area contributed by atoms with Crippen LogP contribution < -0.4 is 5.73 Å². The molecule has 0 rings (SSSR count). The second-order valence-electron chi connectivity index (χ2n) is 13.6. The number of allylic oxidation sites excluding steroid dienone is 8. The third-order valence-electron chi connectivity index (χ3n) is 8.35. The zero-order chi connectivity index (χ0) is 40.8. The van der Waals surface area contributed by atoms with Crippen LogP contribution in [-0.4, -0.2) is 71.1 Å². The van der Waals surface area contributed by atoms with Crippen LogP contribution in [-0.2, 0) is 37.5 Å². The van der Waals surface area contributed by atoms with Crippen molar-refractivity contribution < 1.29 is 52.6 Å². The Morgan fingerprint density at radius 3 is 1.84 bits per heavy atom. The Morgan fingerprint density at radius 1 is 0.673 bits per heavy atom. The molecular formula is C42H72NO11P. The summed E-state index contributed by atoms with van der Waals surface area (Å²) in [6, 6.07) is -1.54. The maximum Gasteiger partial charge on any atom is 0.472 e. The van der Waals surface area contributed by atoms with Crippen molar-refractivity contribution in [1.29, 1.82) is 0 Å². The van der Waals surface area contributed by atoms with Crippen molar-refractivity contribution in [2.45, 2.75) is 167 Å². The van der Waals surface area contributed by atoms with E-state index in [1.165, 1.54) is 57.8 Å². The van der Waals surface area contributed by atoms with Gasteiger partial charge in [-0.05, 0) is 44.9 Å². The Morgan fingerprint density at radius 2 is 1.22 bits per heavy atom. The molecule has 0 fully saturated rings. The number of carbonyl (C=O) groups is 3.